The van der Waals surface area contributed by atoms with E-state index in [0.29, 0.717) is 0 Å². The molecule has 1 aromatic carbocycles. The minimum absolute atomic E-state index is 0.00107. The number of nitrogen functional groups attached to an aromatic ring is 1. The van der Waals surface area contributed by atoms with E-state index in [-0.39, 0.29) is 11.4 Å². The van der Waals surface area contributed by atoms with Gasteiger partial charge in [0, 0.05) is 0 Å². The van der Waals surface area contributed by atoms with Crippen LogP contribution in [0.3, 0.4) is 0 Å². The number of nitrogens with zero attached hydrogens (tertiary/aromatic N) is 1. The summed E-state index contributed by atoms with van der Waals surface area (Å²) in [5.74, 6) is 0. The molecule has 0 amide bonds. The van der Waals surface area contributed by atoms with Crippen LogP contribution in [0.25, 0.3) is 0 Å². The van der Waals surface area contributed by atoms with Crippen LogP contribution in [0, 0.1) is 10.1 Å². The second kappa shape index (κ2) is 5.17. The summed E-state index contributed by atoms with van der Waals surface area (Å²) in [6.45, 7) is 0. The normalized spacial score (nSPS) is 10.6. The van der Waals surface area contributed by atoms with Gasteiger partial charge < -0.3 is 0 Å². The third kappa shape index (κ3) is 3.55. The molecule has 0 fully saturated rings. The number of nitro benzene ring substituents is 1. The summed E-state index contributed by atoms with van der Waals surface area (Å²) in [5, 5.41) is 11.7. The fraction of sp³-hybridized carbons (Fsp3) is 0.400. The summed E-state index contributed by atoms with van der Waals surface area (Å²) in [5.41, 5.74) is 11.6. The Labute approximate surface area is 93.9 Å². The van der Waals surface area contributed by atoms with Crippen molar-refractivity contribution in [2.75, 3.05) is 5.73 Å². The van der Waals surface area contributed by atoms with Gasteiger partial charge >= 0.3 is 93.6 Å². The third-order valence-electron chi connectivity index (χ3n) is 2.14. The maximum absolute atomic E-state index is 10.5. The number of anilines is 1. The molecule has 0 aromatic heterocycles. The van der Waals surface area contributed by atoms with Crippen LogP contribution in [0.15, 0.2) is 18.2 Å². The maximum atomic E-state index is 10.5. The zero-order chi connectivity index (χ0) is 11.4. The Kier molecular flexibility index (Phi) is 4.15. The van der Waals surface area contributed by atoms with Crippen molar-refractivity contribution in [1.82, 2.24) is 0 Å². The molecule has 5 heteroatoms. The van der Waals surface area contributed by atoms with Gasteiger partial charge in [-0.1, -0.05) is 0 Å². The Morgan fingerprint density at radius 3 is 2.60 bits per heavy atom. The van der Waals surface area contributed by atoms with Crippen LogP contribution in [-0.2, 0) is 6.42 Å². The van der Waals surface area contributed by atoms with E-state index < -0.39 is 19.6 Å². The van der Waals surface area contributed by atoms with Crippen LogP contribution in [0.2, 0.25) is 16.6 Å². The van der Waals surface area contributed by atoms with Crippen molar-refractivity contribution in [1.29, 1.82) is 0 Å². The first-order chi connectivity index (χ1) is 7.00. The van der Waals surface area contributed by atoms with Gasteiger partial charge in [-0.15, -0.1) is 0 Å². The zero-order valence-corrected chi connectivity index (χ0v) is 10.8. The van der Waals surface area contributed by atoms with Crippen molar-refractivity contribution < 1.29 is 4.92 Å². The van der Waals surface area contributed by atoms with E-state index in [9.17, 15) is 10.1 Å². The number of nitrogens with two attached hydrogens (primary N) is 1. The molecule has 0 aliphatic carbocycles. The summed E-state index contributed by atoms with van der Waals surface area (Å²) < 4.78 is 0. The molecule has 82 valence electrons. The molecule has 0 unspecified atom stereocenters. The molecule has 0 spiro atoms. The molecule has 15 heavy (non-hydrogen) atoms. The number of benzene rings is 1. The molecular formula is C10H15AsN2O2. The number of nitro groups is 1. The predicted molar refractivity (Wildman–Crippen MR) is 63.5 cm³/mol. The Morgan fingerprint density at radius 2 is 2.13 bits per heavy atom. The molecule has 0 saturated carbocycles. The van der Waals surface area contributed by atoms with E-state index in [4.69, 9.17) is 5.73 Å². The van der Waals surface area contributed by atoms with Crippen LogP contribution >= 0.6 is 0 Å². The van der Waals surface area contributed by atoms with Gasteiger partial charge in [0.05, 0.1) is 0 Å². The van der Waals surface area contributed by atoms with Crippen molar-refractivity contribution in [2.45, 2.75) is 23.1 Å². The van der Waals surface area contributed by atoms with Gasteiger partial charge in [0.1, 0.15) is 0 Å². The van der Waals surface area contributed by atoms with Crippen molar-refractivity contribution in [2.24, 2.45) is 0 Å². The van der Waals surface area contributed by atoms with Crippen LogP contribution in [0.4, 0.5) is 11.4 Å². The standard InChI is InChI=1S/C10H15AsN2O2/c1-11(2)6-5-8-3-4-10(13(14)15)9(12)7-8/h3-4,7H,5-6,12H2,1-2H3. The summed E-state index contributed by atoms with van der Waals surface area (Å²) in [7, 11) is 0. The van der Waals surface area contributed by atoms with Crippen molar-refractivity contribution in [3.63, 3.8) is 0 Å². The average molecular weight is 270 g/mol. The summed E-state index contributed by atoms with van der Waals surface area (Å²) in [4.78, 5) is 10.1. The Balaban J connectivity index is 2.78. The van der Waals surface area contributed by atoms with Crippen molar-refractivity contribution in [3.05, 3.63) is 33.9 Å². The molecule has 0 bridgehead atoms. The Morgan fingerprint density at radius 1 is 1.47 bits per heavy atom. The monoisotopic (exact) mass is 270 g/mol. The molecule has 2 N–H and O–H groups in total. The van der Waals surface area contributed by atoms with E-state index in [1.165, 1.54) is 11.3 Å². The van der Waals surface area contributed by atoms with E-state index >= 15 is 0 Å². The van der Waals surface area contributed by atoms with Crippen LogP contribution < -0.4 is 5.73 Å². The van der Waals surface area contributed by atoms with E-state index in [1.807, 2.05) is 0 Å². The summed E-state index contributed by atoms with van der Waals surface area (Å²) >= 11 is -0.622. The average Bonchev–Trinajstić information content (AvgIpc) is 2.14. The van der Waals surface area contributed by atoms with Gasteiger partial charge in [-0.05, 0) is 0 Å². The van der Waals surface area contributed by atoms with Gasteiger partial charge in [0.15, 0.2) is 0 Å². The van der Waals surface area contributed by atoms with E-state index in [1.54, 1.807) is 12.1 Å². The van der Waals surface area contributed by atoms with E-state index in [2.05, 4.69) is 11.4 Å². The van der Waals surface area contributed by atoms with Crippen LogP contribution in [0.5, 0.6) is 0 Å². The van der Waals surface area contributed by atoms with Gasteiger partial charge in [-0.2, -0.15) is 0 Å². The predicted octanol–water partition coefficient (Wildman–Crippen LogP) is 2.47. The molecule has 4 nitrogen and oxygen atoms in total. The first-order valence-corrected chi connectivity index (χ1v) is 9.76. The topological polar surface area (TPSA) is 69.2 Å². The van der Waals surface area contributed by atoms with Gasteiger partial charge in [-0.3, -0.25) is 0 Å². The second-order valence-electron chi connectivity index (χ2n) is 3.70. The fourth-order valence-electron chi connectivity index (χ4n) is 1.28. The van der Waals surface area contributed by atoms with Gasteiger partial charge in [0.2, 0.25) is 0 Å². The third-order valence-corrected chi connectivity index (χ3v) is 4.48. The summed E-state index contributed by atoms with van der Waals surface area (Å²) in [6.07, 6.45) is 0.981. The molecular weight excluding hydrogens is 255 g/mol. The van der Waals surface area contributed by atoms with Crippen molar-refractivity contribution in [3.8, 4) is 0 Å². The molecule has 0 saturated heterocycles. The quantitative estimate of drug-likeness (QED) is 0.395. The molecule has 0 aliphatic rings. The van der Waals surface area contributed by atoms with E-state index in [0.717, 1.165) is 12.0 Å². The number of hydrogen-bond acceptors (Lipinski definition) is 3. The fourth-order valence-corrected chi connectivity index (χ4v) is 2.76. The number of aryl methyl sites for hydroxylation is 1. The Hall–Kier alpha value is -1.02. The van der Waals surface area contributed by atoms with Crippen LogP contribution in [-0.4, -0.2) is 19.6 Å². The minimum atomic E-state index is -0.622. The first kappa shape index (κ1) is 12.0. The Bertz CT molecular complexity index is 366. The van der Waals surface area contributed by atoms with Crippen LogP contribution in [0.1, 0.15) is 5.56 Å². The second-order valence-corrected chi connectivity index (χ2v) is 9.17. The molecule has 1 aromatic rings. The van der Waals surface area contributed by atoms with Crippen molar-refractivity contribution >= 4 is 26.0 Å². The van der Waals surface area contributed by atoms with Gasteiger partial charge in [-0.25, -0.2) is 0 Å². The molecule has 0 radical (unpaired) electrons. The number of rotatable bonds is 4. The molecule has 1 rings (SSSR count). The SMILES string of the molecule is C[As](C)CCc1ccc([N+](=O)[O-])c(N)c1. The zero-order valence-electron chi connectivity index (χ0n) is 8.93. The first-order valence-electron chi connectivity index (χ1n) is 4.68. The summed E-state index contributed by atoms with van der Waals surface area (Å²) in [6, 6.07) is 5.01. The van der Waals surface area contributed by atoms with Gasteiger partial charge in [0.25, 0.3) is 0 Å². The molecule has 0 aliphatic heterocycles. The molecule has 0 heterocycles. The number of hydrogen-bond donors (Lipinski definition) is 1. The molecule has 0 atom stereocenters.